The van der Waals surface area contributed by atoms with Gasteiger partial charge in [-0.2, -0.15) is 26.3 Å². The second-order valence-electron chi connectivity index (χ2n) is 19.5. The van der Waals surface area contributed by atoms with Gasteiger partial charge < -0.3 is 11.5 Å². The highest BCUT2D eigenvalue weighted by Crippen LogP contribution is 2.57. The fourth-order valence-corrected chi connectivity index (χ4v) is 11.4. The van der Waals surface area contributed by atoms with Gasteiger partial charge in [0.25, 0.3) is 23.6 Å². The number of anilines is 4. The Kier molecular flexibility index (Phi) is 14.8. The fraction of sp³-hybridized carbons (Fsp3) is 0.344. The molecule has 0 atom stereocenters. The van der Waals surface area contributed by atoms with Crippen molar-refractivity contribution in [3.63, 3.8) is 0 Å². The van der Waals surface area contributed by atoms with Gasteiger partial charge in [0.1, 0.15) is 0 Å². The van der Waals surface area contributed by atoms with E-state index < -0.39 is 63.7 Å². The van der Waals surface area contributed by atoms with E-state index in [0.717, 1.165) is 103 Å². The number of benzene rings is 6. The maximum Gasteiger partial charge on any atom is 0.411 e. The Morgan fingerprint density at radius 3 is 0.840 bits per heavy atom. The quantitative estimate of drug-likeness (QED) is 0.0565. The van der Waals surface area contributed by atoms with E-state index >= 15 is 26.3 Å². The van der Waals surface area contributed by atoms with Crippen LogP contribution in [0.5, 0.6) is 0 Å². The molecule has 8 nitrogen and oxygen atoms in total. The number of carbonyl (C=O) groups excluding carboxylic acids is 4. The number of alkyl halides is 6. The maximum atomic E-state index is 15.9. The van der Waals surface area contributed by atoms with Crippen molar-refractivity contribution in [1.82, 2.24) is 0 Å². The zero-order valence-electron chi connectivity index (χ0n) is 43.6. The Bertz CT molecular complexity index is 3000. The average Bonchev–Trinajstić information content (AvgIpc) is 3.78. The van der Waals surface area contributed by atoms with Gasteiger partial charge in [-0.05, 0) is 166 Å². The van der Waals surface area contributed by atoms with E-state index in [4.69, 9.17) is 11.5 Å². The van der Waals surface area contributed by atoms with E-state index in [1.807, 2.05) is 79.7 Å². The molecule has 4 N–H and O–H groups in total. The molecule has 0 saturated heterocycles. The van der Waals surface area contributed by atoms with Crippen molar-refractivity contribution >= 4 is 46.4 Å². The number of amides is 4. The van der Waals surface area contributed by atoms with Crippen LogP contribution < -0.4 is 21.3 Å². The summed E-state index contributed by atoms with van der Waals surface area (Å²) in [5, 5.41) is 0. The highest BCUT2D eigenvalue weighted by molar-refractivity contribution is 6.36. The topological polar surface area (TPSA) is 127 Å². The largest absolute Gasteiger partial charge is 0.411 e. The first-order valence-electron chi connectivity index (χ1n) is 25.9. The number of hydrogen-bond acceptors (Lipinski definition) is 6. The summed E-state index contributed by atoms with van der Waals surface area (Å²) in [7, 11) is 0. The van der Waals surface area contributed by atoms with E-state index in [9.17, 15) is 19.2 Å². The van der Waals surface area contributed by atoms with Crippen molar-refractivity contribution in [1.29, 1.82) is 0 Å². The van der Waals surface area contributed by atoms with E-state index in [2.05, 4.69) is 24.3 Å². The number of carbonyl (C=O) groups is 4. The summed E-state index contributed by atoms with van der Waals surface area (Å²) in [4.78, 5) is 59.3. The molecular formula is C61H62F6N4O4. The van der Waals surface area contributed by atoms with Crippen LogP contribution in [0.15, 0.2) is 84.9 Å². The van der Waals surface area contributed by atoms with Gasteiger partial charge in [-0.15, -0.1) is 0 Å². The first kappa shape index (κ1) is 54.1. The second-order valence-corrected chi connectivity index (χ2v) is 19.5. The molecule has 0 radical (unpaired) electrons. The molecule has 14 heteroatoms. The molecule has 0 saturated carbocycles. The Morgan fingerprint density at radius 1 is 0.360 bits per heavy atom. The SMILES string of the molecule is CCc1cc(Cc2cc(CC)c(N3C(=O)c4ccc(C(c5ccc6c(c5)C(=O)N(c5c(CC)cc(Cc7cc(CC)c(N)c(CC)c7)cc5CC)C6=O)(C(F)(F)F)C(F)(F)F)cc4C3=O)c(CC)c2)cc(CC)c1N. The number of fused-ring (bicyclic) bond motifs is 2. The van der Waals surface area contributed by atoms with Gasteiger partial charge in [-0.1, -0.05) is 116 Å². The minimum absolute atomic E-state index is 0.228. The van der Waals surface area contributed by atoms with Crippen molar-refractivity contribution in [2.24, 2.45) is 0 Å². The van der Waals surface area contributed by atoms with E-state index in [1.165, 1.54) is 0 Å². The molecule has 2 aliphatic rings. The minimum atomic E-state index is -6.13. The van der Waals surface area contributed by atoms with Crippen molar-refractivity contribution in [2.45, 2.75) is 137 Å². The number of nitrogens with two attached hydrogens (primary N) is 2. The molecule has 0 aliphatic carbocycles. The first-order valence-corrected chi connectivity index (χ1v) is 25.9. The molecule has 6 aromatic carbocycles. The smallest absolute Gasteiger partial charge is 0.398 e. The molecule has 4 amide bonds. The maximum absolute atomic E-state index is 15.9. The van der Waals surface area contributed by atoms with Gasteiger partial charge >= 0.3 is 12.4 Å². The monoisotopic (exact) mass is 1030 g/mol. The van der Waals surface area contributed by atoms with Crippen LogP contribution >= 0.6 is 0 Å². The van der Waals surface area contributed by atoms with Crippen molar-refractivity contribution in [3.8, 4) is 0 Å². The second kappa shape index (κ2) is 20.5. The first-order chi connectivity index (χ1) is 35.6. The zero-order chi connectivity index (χ0) is 54.6. The molecule has 75 heavy (non-hydrogen) atoms. The van der Waals surface area contributed by atoms with Crippen molar-refractivity contribution in [2.75, 3.05) is 21.3 Å². The molecular weight excluding hydrogens is 967 g/mol. The Balaban J connectivity index is 1.18. The van der Waals surface area contributed by atoms with Gasteiger partial charge in [0.05, 0.1) is 33.6 Å². The molecule has 8 rings (SSSR count). The van der Waals surface area contributed by atoms with Crippen LogP contribution in [-0.4, -0.2) is 36.0 Å². The summed E-state index contributed by atoms with van der Waals surface area (Å²) in [5.41, 5.74) is 15.4. The predicted octanol–water partition coefficient (Wildman–Crippen LogP) is 13.5. The average molecular weight is 1030 g/mol. The third kappa shape index (κ3) is 8.97. The van der Waals surface area contributed by atoms with Crippen LogP contribution in [0.25, 0.3) is 0 Å². The van der Waals surface area contributed by atoms with Gasteiger partial charge in [-0.3, -0.25) is 19.2 Å². The van der Waals surface area contributed by atoms with Crippen molar-refractivity contribution in [3.05, 3.63) is 185 Å². The highest BCUT2D eigenvalue weighted by atomic mass is 19.4. The van der Waals surface area contributed by atoms with Gasteiger partial charge in [0.15, 0.2) is 0 Å². The Labute approximate surface area is 434 Å². The van der Waals surface area contributed by atoms with Crippen LogP contribution in [0.4, 0.5) is 49.1 Å². The van der Waals surface area contributed by atoms with Crippen LogP contribution in [0.2, 0.25) is 0 Å². The van der Waals surface area contributed by atoms with Crippen molar-refractivity contribution < 1.29 is 45.5 Å². The number of nitrogens with zero attached hydrogens (tertiary/aromatic N) is 2. The normalized spacial score (nSPS) is 13.9. The molecule has 0 aromatic heterocycles. The predicted molar refractivity (Wildman–Crippen MR) is 283 cm³/mol. The summed E-state index contributed by atoms with van der Waals surface area (Å²) in [6.45, 7) is 15.4. The highest BCUT2D eigenvalue weighted by Gasteiger charge is 2.73. The molecule has 6 aromatic rings. The van der Waals surface area contributed by atoms with Crippen LogP contribution in [0.1, 0.15) is 175 Å². The molecule has 2 aliphatic heterocycles. The lowest BCUT2D eigenvalue weighted by atomic mass is 9.71. The molecule has 392 valence electrons. The van der Waals surface area contributed by atoms with E-state index in [0.29, 0.717) is 85.0 Å². The van der Waals surface area contributed by atoms with Crippen LogP contribution in [-0.2, 0) is 69.6 Å². The minimum Gasteiger partial charge on any atom is -0.398 e. The number of imide groups is 2. The molecule has 0 bridgehead atoms. The Hall–Kier alpha value is -7.22. The van der Waals surface area contributed by atoms with Gasteiger partial charge in [0.2, 0.25) is 5.41 Å². The van der Waals surface area contributed by atoms with Gasteiger partial charge in [0, 0.05) is 11.4 Å². The fourth-order valence-electron chi connectivity index (χ4n) is 11.4. The number of hydrogen-bond donors (Lipinski definition) is 2. The number of aryl methyl sites for hydroxylation is 8. The lowest BCUT2D eigenvalue weighted by molar-refractivity contribution is -0.288. The third-order valence-electron chi connectivity index (χ3n) is 15.3. The van der Waals surface area contributed by atoms with Crippen LogP contribution in [0.3, 0.4) is 0 Å². The van der Waals surface area contributed by atoms with Gasteiger partial charge in [-0.25, -0.2) is 9.80 Å². The molecule has 0 spiro atoms. The van der Waals surface area contributed by atoms with Crippen LogP contribution in [0, 0.1) is 0 Å². The summed E-state index contributed by atoms with van der Waals surface area (Å²) in [6, 6.07) is 19.4. The van der Waals surface area contributed by atoms with E-state index in [1.54, 1.807) is 0 Å². The summed E-state index contributed by atoms with van der Waals surface area (Å²) in [5.74, 6) is -3.94. The molecule has 0 unspecified atom stereocenters. The summed E-state index contributed by atoms with van der Waals surface area (Å²) >= 11 is 0. The summed E-state index contributed by atoms with van der Waals surface area (Å²) in [6.07, 6.45) is -6.97. The zero-order valence-corrected chi connectivity index (χ0v) is 43.6. The standard InChI is InChI=1S/C61H62F6N4O4/c1-9-37-23-33(24-38(10-2)51(37)68)21-35-27-41(13-5)53(42(14-6)28-35)70-55(72)47-19-17-45(31-49(47)57(70)74)59(60(62,63)64,61(65,66)67)46-18-20-48-50(32-46)58(75)71(56(48)73)54-43(15-7)29-36(30-44(54)16-8)22-34-25-39(11-3)52(69)40(12-4)26-34/h17-20,23-32H,9-16,21-22,68-69H2,1-8H3. The number of halogens is 6. The number of rotatable bonds is 16. The lowest BCUT2D eigenvalue weighted by Crippen LogP contribution is -2.55. The number of nitrogen functional groups attached to an aromatic ring is 2. The lowest BCUT2D eigenvalue weighted by Gasteiger charge is -2.38. The molecule has 0 fully saturated rings. The summed E-state index contributed by atoms with van der Waals surface area (Å²) < 4.78 is 95.5. The third-order valence-corrected chi connectivity index (χ3v) is 15.3. The van der Waals surface area contributed by atoms with E-state index in [-0.39, 0.29) is 22.5 Å². The Morgan fingerprint density at radius 2 is 0.600 bits per heavy atom. The molecule has 2 heterocycles.